The van der Waals surface area contributed by atoms with Crippen molar-refractivity contribution < 1.29 is 0 Å². The first-order valence-corrected chi connectivity index (χ1v) is 7.35. The molecule has 106 valence electrons. The van der Waals surface area contributed by atoms with Gasteiger partial charge >= 0.3 is 0 Å². The van der Waals surface area contributed by atoms with Crippen molar-refractivity contribution in [1.82, 2.24) is 0 Å². The highest BCUT2D eigenvalue weighted by Gasteiger charge is 2.56. The van der Waals surface area contributed by atoms with E-state index in [0.29, 0.717) is 0 Å². The van der Waals surface area contributed by atoms with E-state index in [1.807, 2.05) is 0 Å². The summed E-state index contributed by atoms with van der Waals surface area (Å²) in [5.74, 6) is 0. The molecule has 20 heavy (non-hydrogen) atoms. The summed E-state index contributed by atoms with van der Waals surface area (Å²) in [5.41, 5.74) is 8.94. The lowest BCUT2D eigenvalue weighted by Gasteiger charge is -2.38. The van der Waals surface area contributed by atoms with Crippen molar-refractivity contribution in [2.24, 2.45) is 26.4 Å². The Kier molecular flexibility index (Phi) is 3.17. The van der Waals surface area contributed by atoms with Gasteiger partial charge in [0, 0.05) is 5.56 Å². The maximum Gasteiger partial charge on any atom is 0.238 e. The van der Waals surface area contributed by atoms with E-state index in [2.05, 4.69) is 52.7 Å². The molecule has 0 radical (unpaired) electrons. The van der Waals surface area contributed by atoms with E-state index in [1.54, 1.807) is 0 Å². The molecule has 0 saturated heterocycles. The van der Waals surface area contributed by atoms with Gasteiger partial charge in [0.2, 0.25) is 5.66 Å². The van der Waals surface area contributed by atoms with Gasteiger partial charge in [-0.3, -0.25) is 0 Å². The second kappa shape index (κ2) is 4.74. The Morgan fingerprint density at radius 3 is 2.40 bits per heavy atom. The number of aryl methyl sites for hydroxylation is 2. The first-order valence-electron chi connectivity index (χ1n) is 7.35. The summed E-state index contributed by atoms with van der Waals surface area (Å²) in [6.45, 7) is 4.24. The molecule has 5 heteroatoms. The highest BCUT2D eigenvalue weighted by molar-refractivity contribution is 5.43. The van der Waals surface area contributed by atoms with Gasteiger partial charge in [0.05, 0.1) is 5.54 Å². The summed E-state index contributed by atoms with van der Waals surface area (Å²) in [6, 6.07) is 6.30. The quantitative estimate of drug-likeness (QED) is 0.891. The number of nitrogens with zero attached hydrogens (tertiary/aromatic N) is 4. The second-order valence-electron chi connectivity index (χ2n) is 5.88. The lowest BCUT2D eigenvalue weighted by Crippen LogP contribution is -2.54. The second-order valence-corrected chi connectivity index (χ2v) is 5.88. The van der Waals surface area contributed by atoms with E-state index in [9.17, 15) is 0 Å². The first kappa shape index (κ1) is 13.4. The number of benzene rings is 1. The molecule has 2 N–H and O–H groups in total. The summed E-state index contributed by atoms with van der Waals surface area (Å²) >= 11 is 0. The van der Waals surface area contributed by atoms with Gasteiger partial charge in [-0.1, -0.05) is 38.0 Å². The van der Waals surface area contributed by atoms with E-state index in [0.717, 1.165) is 37.7 Å². The Morgan fingerprint density at radius 2 is 1.80 bits per heavy atom. The van der Waals surface area contributed by atoms with E-state index < -0.39 is 11.2 Å². The number of hydrogen-bond donors (Lipinski definition) is 1. The van der Waals surface area contributed by atoms with Gasteiger partial charge in [-0.15, -0.1) is 10.2 Å². The summed E-state index contributed by atoms with van der Waals surface area (Å²) in [5, 5.41) is 16.5. The standard InChI is InChI=1S/C15H21N5/c1-3-12-8-6-7-11(2)13(12)15(17-19-20-18-15)14(16)9-4-5-10-14/h6-8H,3-5,9-10,16H2,1-2H3. The fraction of sp³-hybridized carbons (Fsp3) is 0.600. The first-order chi connectivity index (χ1) is 9.63. The van der Waals surface area contributed by atoms with Crippen molar-refractivity contribution in [1.29, 1.82) is 0 Å². The molecule has 0 unspecified atom stereocenters. The third-order valence-corrected chi connectivity index (χ3v) is 4.70. The SMILES string of the molecule is CCc1cccc(C)c1C1(C2(N)CCCC2)N=NN=N1. The fourth-order valence-corrected chi connectivity index (χ4v) is 3.61. The predicted octanol–water partition coefficient (Wildman–Crippen LogP) is 3.81. The van der Waals surface area contributed by atoms with Crippen LogP contribution in [0.3, 0.4) is 0 Å². The predicted molar refractivity (Wildman–Crippen MR) is 77.3 cm³/mol. The van der Waals surface area contributed by atoms with Crippen LogP contribution in [0.1, 0.15) is 49.3 Å². The smallest absolute Gasteiger partial charge is 0.238 e. The Labute approximate surface area is 119 Å². The molecule has 0 spiro atoms. The topological polar surface area (TPSA) is 75.5 Å². The maximum atomic E-state index is 6.72. The van der Waals surface area contributed by atoms with Gasteiger partial charge in [-0.2, -0.15) is 0 Å². The largest absolute Gasteiger partial charge is 0.321 e. The van der Waals surface area contributed by atoms with E-state index in [-0.39, 0.29) is 0 Å². The van der Waals surface area contributed by atoms with Crippen LogP contribution in [0.2, 0.25) is 0 Å². The Bertz CT molecular complexity index is 558. The lowest BCUT2D eigenvalue weighted by atomic mass is 9.75. The summed E-state index contributed by atoms with van der Waals surface area (Å²) in [4.78, 5) is 0. The third kappa shape index (κ3) is 1.73. The number of hydrogen-bond acceptors (Lipinski definition) is 5. The number of rotatable bonds is 3. The molecule has 2 aliphatic rings. The van der Waals surface area contributed by atoms with Crippen LogP contribution in [-0.4, -0.2) is 5.54 Å². The van der Waals surface area contributed by atoms with Crippen LogP contribution in [0.25, 0.3) is 0 Å². The minimum absolute atomic E-state index is 0.466. The van der Waals surface area contributed by atoms with Crippen LogP contribution < -0.4 is 5.73 Å². The molecule has 0 atom stereocenters. The molecule has 1 aliphatic heterocycles. The summed E-state index contributed by atoms with van der Waals surface area (Å²) < 4.78 is 0. The molecule has 5 nitrogen and oxygen atoms in total. The zero-order chi connectivity index (χ0) is 14.2. The molecular formula is C15H21N5. The van der Waals surface area contributed by atoms with Gasteiger partial charge < -0.3 is 5.73 Å². The van der Waals surface area contributed by atoms with Crippen LogP contribution in [-0.2, 0) is 12.1 Å². The highest BCUT2D eigenvalue weighted by atomic mass is 15.6. The molecule has 0 amide bonds. The van der Waals surface area contributed by atoms with Gasteiger partial charge in [0.25, 0.3) is 0 Å². The van der Waals surface area contributed by atoms with Crippen molar-refractivity contribution in [2.75, 3.05) is 0 Å². The minimum atomic E-state index is -0.819. The normalized spacial score (nSPS) is 22.6. The summed E-state index contributed by atoms with van der Waals surface area (Å²) in [7, 11) is 0. The van der Waals surface area contributed by atoms with Crippen LogP contribution in [0.15, 0.2) is 38.9 Å². The molecule has 1 fully saturated rings. The minimum Gasteiger partial charge on any atom is -0.321 e. The van der Waals surface area contributed by atoms with E-state index in [1.165, 1.54) is 11.1 Å². The Balaban J connectivity index is 2.23. The van der Waals surface area contributed by atoms with Crippen LogP contribution in [0.5, 0.6) is 0 Å². The average molecular weight is 271 g/mol. The highest BCUT2D eigenvalue weighted by Crippen LogP contribution is 2.50. The van der Waals surface area contributed by atoms with Crippen molar-refractivity contribution in [3.63, 3.8) is 0 Å². The average Bonchev–Trinajstić information content (AvgIpc) is 3.09. The molecule has 3 rings (SSSR count). The molecule has 1 heterocycles. The van der Waals surface area contributed by atoms with Crippen molar-refractivity contribution in [3.05, 3.63) is 34.9 Å². The summed E-state index contributed by atoms with van der Waals surface area (Å²) in [6.07, 6.45) is 5.01. The zero-order valence-electron chi connectivity index (χ0n) is 12.1. The van der Waals surface area contributed by atoms with Crippen LogP contribution in [0.4, 0.5) is 0 Å². The van der Waals surface area contributed by atoms with Crippen LogP contribution >= 0.6 is 0 Å². The molecule has 1 aromatic carbocycles. The Hall–Kier alpha value is -1.62. The Morgan fingerprint density at radius 1 is 1.15 bits per heavy atom. The van der Waals surface area contributed by atoms with Gasteiger partial charge in [-0.05, 0) is 47.8 Å². The van der Waals surface area contributed by atoms with Crippen molar-refractivity contribution >= 4 is 0 Å². The molecule has 0 bridgehead atoms. The van der Waals surface area contributed by atoms with Crippen molar-refractivity contribution in [3.8, 4) is 0 Å². The van der Waals surface area contributed by atoms with E-state index >= 15 is 0 Å². The molecule has 0 aromatic heterocycles. The molecular weight excluding hydrogens is 250 g/mol. The van der Waals surface area contributed by atoms with Crippen molar-refractivity contribution in [2.45, 2.75) is 57.2 Å². The lowest BCUT2D eigenvalue weighted by molar-refractivity contribution is 0.230. The number of nitrogens with two attached hydrogens (primary N) is 1. The molecule has 1 saturated carbocycles. The van der Waals surface area contributed by atoms with Gasteiger partial charge in [-0.25, -0.2) is 0 Å². The van der Waals surface area contributed by atoms with Gasteiger partial charge in [0.15, 0.2) is 0 Å². The fourth-order valence-electron chi connectivity index (χ4n) is 3.61. The molecule has 1 aliphatic carbocycles. The van der Waals surface area contributed by atoms with Gasteiger partial charge in [0.1, 0.15) is 0 Å². The van der Waals surface area contributed by atoms with E-state index in [4.69, 9.17) is 5.73 Å². The monoisotopic (exact) mass is 271 g/mol. The van der Waals surface area contributed by atoms with Crippen LogP contribution in [0, 0.1) is 6.92 Å². The third-order valence-electron chi connectivity index (χ3n) is 4.70. The molecule has 1 aromatic rings. The zero-order valence-corrected chi connectivity index (χ0v) is 12.1. The maximum absolute atomic E-state index is 6.72.